The van der Waals surface area contributed by atoms with Gasteiger partial charge in [0.05, 0.1) is 44.9 Å². The third kappa shape index (κ3) is 12.2. The number of ether oxygens (including phenoxy) is 1. The molecule has 0 aliphatic carbocycles. The van der Waals surface area contributed by atoms with Crippen LogP contribution in [0.25, 0.3) is 11.0 Å². The molecule has 5 aliphatic heterocycles. The highest BCUT2D eigenvalue weighted by atomic mass is 79.9. The number of carboxylic acid groups (broad SMARTS) is 1. The van der Waals surface area contributed by atoms with Gasteiger partial charge in [0, 0.05) is 75.2 Å². The molecule has 2 aromatic heterocycles. The topological polar surface area (TPSA) is 232 Å². The number of alkyl halides is 3. The molecule has 4 N–H and O–H groups in total. The number of carboxylic acids is 1. The monoisotopic (exact) mass is 1150 g/mol. The van der Waals surface area contributed by atoms with Crippen LogP contribution in [0, 0.1) is 24.7 Å². The summed E-state index contributed by atoms with van der Waals surface area (Å²) in [6.07, 6.45) is 7.02. The summed E-state index contributed by atoms with van der Waals surface area (Å²) < 4.78 is 51.9. The fraction of sp³-hybridized carbons (Fsp3) is 0.453. The molecule has 0 radical (unpaired) electrons. The lowest BCUT2D eigenvalue weighted by atomic mass is 9.78. The van der Waals surface area contributed by atoms with Gasteiger partial charge in [0.15, 0.2) is 0 Å². The Morgan fingerprint density at radius 2 is 1.48 bits per heavy atom. The van der Waals surface area contributed by atoms with Crippen molar-refractivity contribution in [1.29, 1.82) is 0 Å². The lowest BCUT2D eigenvalue weighted by Crippen LogP contribution is -2.54. The molecule has 4 saturated heterocycles. The number of fused-ring (bicyclic) bond motifs is 2. The predicted molar refractivity (Wildman–Crippen MR) is 288 cm³/mol. The number of anilines is 6. The molecule has 5 aromatic rings. The summed E-state index contributed by atoms with van der Waals surface area (Å²) in [6, 6.07) is 12.4. The molecule has 408 valence electrons. The number of aryl methyl sites for hydroxylation is 1. The molecule has 1 unspecified atom stereocenters. The number of carbonyl (C=O) groups excluding carboxylic acids is 4. The maximum atomic E-state index is 13.5. The predicted octanol–water partition coefficient (Wildman–Crippen LogP) is 8.11. The van der Waals surface area contributed by atoms with E-state index in [-0.39, 0.29) is 18.7 Å². The van der Waals surface area contributed by atoms with Crippen LogP contribution in [0.4, 0.5) is 47.7 Å². The Balaban J connectivity index is 0.000000967. The van der Waals surface area contributed by atoms with E-state index in [4.69, 9.17) is 19.6 Å². The first-order chi connectivity index (χ1) is 36.7. The second-order valence-electron chi connectivity index (χ2n) is 20.6. The summed E-state index contributed by atoms with van der Waals surface area (Å²) in [4.78, 5) is 86.5. The van der Waals surface area contributed by atoms with Gasteiger partial charge in [0.25, 0.3) is 11.8 Å². The lowest BCUT2D eigenvalue weighted by molar-refractivity contribution is -0.192. The van der Waals surface area contributed by atoms with Gasteiger partial charge in [-0.1, -0.05) is 0 Å². The quantitative estimate of drug-likeness (QED) is 0.0682. The first-order valence-corrected chi connectivity index (χ1v) is 29.0. The Bertz CT molecular complexity index is 3160. The molecule has 1 atom stereocenters. The molecule has 0 bridgehead atoms. The second kappa shape index (κ2) is 22.7. The van der Waals surface area contributed by atoms with Crippen molar-refractivity contribution in [2.75, 3.05) is 86.7 Å². The average Bonchev–Trinajstić information content (AvgIpc) is 3.72. The zero-order valence-electron chi connectivity index (χ0n) is 43.0. The minimum Gasteiger partial charge on any atom is -0.494 e. The first-order valence-electron chi connectivity index (χ1n) is 25.6. The number of piperidine rings is 4. The Kier molecular flexibility index (Phi) is 16.2. The van der Waals surface area contributed by atoms with Gasteiger partial charge >= 0.3 is 12.1 Å². The number of carbonyl (C=O) groups is 5. The maximum absolute atomic E-state index is 13.5. The highest BCUT2D eigenvalue weighted by Crippen LogP contribution is 2.43. The van der Waals surface area contributed by atoms with E-state index in [2.05, 4.69) is 80.6 Å². The van der Waals surface area contributed by atoms with Crippen molar-refractivity contribution in [3.63, 3.8) is 0 Å². The lowest BCUT2D eigenvalue weighted by Gasteiger charge is -2.42. The van der Waals surface area contributed by atoms with E-state index in [0.717, 1.165) is 86.4 Å². The number of methoxy groups -OCH3 is 1. The van der Waals surface area contributed by atoms with Crippen LogP contribution in [0.3, 0.4) is 0 Å². The molecule has 3 aromatic carbocycles. The van der Waals surface area contributed by atoms with Crippen LogP contribution in [-0.2, 0) is 18.9 Å². The number of imide groups is 2. The third-order valence-electron chi connectivity index (χ3n) is 15.3. The number of hydrogen-bond donors (Lipinski definition) is 4. The van der Waals surface area contributed by atoms with Crippen LogP contribution >= 0.6 is 23.1 Å². The van der Waals surface area contributed by atoms with Crippen LogP contribution < -0.4 is 35.8 Å². The van der Waals surface area contributed by atoms with Gasteiger partial charge in [-0.3, -0.25) is 39.4 Å². The minimum absolute atomic E-state index is 0.0997. The van der Waals surface area contributed by atoms with Crippen molar-refractivity contribution in [2.45, 2.75) is 70.5 Å². The van der Waals surface area contributed by atoms with Crippen LogP contribution in [-0.4, -0.2) is 143 Å². The van der Waals surface area contributed by atoms with E-state index in [1.54, 1.807) is 51.2 Å². The van der Waals surface area contributed by atoms with Gasteiger partial charge in [-0.15, -0.1) is 0 Å². The van der Waals surface area contributed by atoms with Gasteiger partial charge < -0.3 is 39.7 Å². The first kappa shape index (κ1) is 55.1. The normalized spacial score (nSPS) is 19.2. The van der Waals surface area contributed by atoms with Crippen molar-refractivity contribution in [2.24, 2.45) is 17.8 Å². The Morgan fingerprint density at radius 3 is 2.13 bits per heavy atom. The number of aliphatic carboxylic acids is 1. The number of hydrogen-bond acceptors (Lipinski definition) is 16. The summed E-state index contributed by atoms with van der Waals surface area (Å²) in [5.41, 5.74) is 6.55. The molecule has 24 heteroatoms. The maximum Gasteiger partial charge on any atom is 0.490 e. The standard InChI is InChI=1S/C51H59BrN11O6P.C2HF3O2/c1-30-25-40(57-51-55-28-37(52)47(59-51)56-39-8-7-38-45(54-18-17-53-38)46(39)70(3,4)68)43(69-2)27-42(30)62-23-15-33(16-24-62)32-13-19-60(20-14-32)29-31-11-21-61(22-12-31)34-5-6-35-36(26-34)50(67)63(49(35)66)41-9-10-44(64)58-48(41)65;3-2(4,5)1(6)7/h5-8,17-18,25-28,31-33,41H,9-16,19-24,29H2,1-4H3,(H,58,64,65)(H2,55,56,57,59);(H,6,7). The number of halogens is 4. The summed E-state index contributed by atoms with van der Waals surface area (Å²) in [6.45, 7) is 12.8. The molecule has 0 spiro atoms. The molecular formula is C53H60BrF3N11O8P. The number of nitrogens with one attached hydrogen (secondary N) is 3. The molecule has 10 rings (SSSR count). The van der Waals surface area contributed by atoms with Gasteiger partial charge in [0.1, 0.15) is 30.3 Å². The van der Waals surface area contributed by atoms with Crippen LogP contribution in [0.2, 0.25) is 0 Å². The zero-order chi connectivity index (χ0) is 54.9. The largest absolute Gasteiger partial charge is 0.494 e. The van der Waals surface area contributed by atoms with Gasteiger partial charge in [0.2, 0.25) is 17.8 Å². The smallest absolute Gasteiger partial charge is 0.490 e. The van der Waals surface area contributed by atoms with Crippen molar-refractivity contribution in [3.8, 4) is 5.75 Å². The van der Waals surface area contributed by atoms with Crippen LogP contribution in [0.1, 0.15) is 77.6 Å². The van der Waals surface area contributed by atoms with Crippen molar-refractivity contribution < 1.29 is 51.6 Å². The Labute approximate surface area is 451 Å². The number of benzene rings is 3. The van der Waals surface area contributed by atoms with E-state index in [1.807, 2.05) is 18.2 Å². The van der Waals surface area contributed by atoms with Crippen LogP contribution in [0.15, 0.2) is 65.5 Å². The fourth-order valence-corrected chi connectivity index (χ4v) is 13.0. The van der Waals surface area contributed by atoms with Crippen molar-refractivity contribution in [3.05, 3.63) is 82.2 Å². The van der Waals surface area contributed by atoms with Gasteiger partial charge in [-0.05, 0) is 154 Å². The summed E-state index contributed by atoms with van der Waals surface area (Å²) in [5.74, 6) is -1.03. The Hall–Kier alpha value is -6.71. The summed E-state index contributed by atoms with van der Waals surface area (Å²) in [7, 11) is -1.09. The third-order valence-corrected chi connectivity index (χ3v) is 17.4. The number of rotatable bonds is 12. The van der Waals surface area contributed by atoms with E-state index in [9.17, 15) is 36.9 Å². The van der Waals surface area contributed by atoms with Crippen molar-refractivity contribution >= 4 is 104 Å². The summed E-state index contributed by atoms with van der Waals surface area (Å²) in [5, 5.41) is 16.8. The SMILES string of the molecule is COc1cc(N2CCC(C3CCN(CC4CCN(c5ccc6c(c5)C(=O)N(C5CCC(=O)NC5=O)C6=O)CC4)CC3)CC2)c(C)cc1Nc1ncc(Br)c(Nc2ccc3nccnc3c2P(C)(C)=O)n1.O=C(O)C(F)(F)F. The minimum atomic E-state index is -5.08. The number of amides is 4. The zero-order valence-corrected chi connectivity index (χ0v) is 45.5. The van der Waals surface area contributed by atoms with E-state index in [1.165, 1.54) is 31.4 Å². The number of aromatic nitrogens is 4. The van der Waals surface area contributed by atoms with Gasteiger partial charge in [-0.25, -0.2) is 9.78 Å². The fourth-order valence-electron chi connectivity index (χ4n) is 11.3. The molecule has 0 saturated carbocycles. The molecule has 19 nitrogen and oxygen atoms in total. The second-order valence-corrected chi connectivity index (χ2v) is 24.6. The molecule has 77 heavy (non-hydrogen) atoms. The molecule has 4 amide bonds. The average molecular weight is 1150 g/mol. The molecular weight excluding hydrogens is 1090 g/mol. The molecule has 5 aliphatic rings. The van der Waals surface area contributed by atoms with Gasteiger partial charge in [-0.2, -0.15) is 18.2 Å². The van der Waals surface area contributed by atoms with E-state index < -0.39 is 43.1 Å². The Morgan fingerprint density at radius 1 is 0.831 bits per heavy atom. The number of likely N-dealkylation sites (tertiary alicyclic amines) is 1. The van der Waals surface area contributed by atoms with Crippen LogP contribution in [0.5, 0.6) is 5.75 Å². The van der Waals surface area contributed by atoms with E-state index >= 15 is 0 Å². The number of nitrogens with zero attached hydrogens (tertiary/aromatic N) is 8. The highest BCUT2D eigenvalue weighted by Gasteiger charge is 2.45. The highest BCUT2D eigenvalue weighted by molar-refractivity contribution is 9.10. The molecule has 7 heterocycles. The van der Waals surface area contributed by atoms with Crippen molar-refractivity contribution in [1.82, 2.24) is 35.1 Å². The summed E-state index contributed by atoms with van der Waals surface area (Å²) >= 11 is 3.60. The molecule has 4 fully saturated rings. The van der Waals surface area contributed by atoms with E-state index in [0.29, 0.717) is 67.0 Å².